The third kappa shape index (κ3) is 3.83. The van der Waals surface area contributed by atoms with E-state index in [-0.39, 0.29) is 18.2 Å². The first-order valence-corrected chi connectivity index (χ1v) is 8.96. The van der Waals surface area contributed by atoms with Gasteiger partial charge in [0, 0.05) is 29.4 Å². The molecule has 1 atom stereocenters. The predicted molar refractivity (Wildman–Crippen MR) is 103 cm³/mol. The highest BCUT2D eigenvalue weighted by Gasteiger charge is 2.35. The summed E-state index contributed by atoms with van der Waals surface area (Å²) in [5.41, 5.74) is 2.29. The van der Waals surface area contributed by atoms with Crippen LogP contribution < -0.4 is 15.0 Å². The molecule has 1 N–H and O–H groups in total. The lowest BCUT2D eigenvalue weighted by atomic mass is 10.1. The lowest BCUT2D eigenvalue weighted by Crippen LogP contribution is -2.28. The van der Waals surface area contributed by atoms with Gasteiger partial charge in [-0.3, -0.25) is 9.59 Å². The Morgan fingerprint density at radius 2 is 2.00 bits per heavy atom. The molecule has 5 nitrogen and oxygen atoms in total. The topological polar surface area (TPSA) is 58.6 Å². The van der Waals surface area contributed by atoms with Crippen molar-refractivity contribution in [2.24, 2.45) is 5.92 Å². The van der Waals surface area contributed by atoms with E-state index < -0.39 is 5.92 Å². The van der Waals surface area contributed by atoms with Crippen LogP contribution in [0.3, 0.4) is 0 Å². The maximum atomic E-state index is 12.6. The summed E-state index contributed by atoms with van der Waals surface area (Å²) in [7, 11) is 0. The van der Waals surface area contributed by atoms with Crippen molar-refractivity contribution in [2.45, 2.75) is 20.3 Å². The number of anilines is 2. The zero-order chi connectivity index (χ0) is 18.7. The fraction of sp³-hybridized carbons (Fsp3) is 0.300. The number of halogens is 1. The predicted octanol–water partition coefficient (Wildman–Crippen LogP) is 4.04. The van der Waals surface area contributed by atoms with E-state index in [1.807, 2.05) is 26.0 Å². The fourth-order valence-corrected chi connectivity index (χ4v) is 3.22. The SMILES string of the molecule is CCOc1ccc(NC(=O)C2CC(=O)N(c3cccc(Cl)c3C)C2)cc1. The molecular formula is C20H21ClN2O3. The molecule has 3 rings (SSSR count). The molecule has 1 fully saturated rings. The minimum absolute atomic E-state index is 0.0674. The van der Waals surface area contributed by atoms with E-state index in [9.17, 15) is 9.59 Å². The number of carbonyl (C=O) groups is 2. The van der Waals surface area contributed by atoms with Gasteiger partial charge in [-0.25, -0.2) is 0 Å². The second-order valence-corrected chi connectivity index (χ2v) is 6.64. The standard InChI is InChI=1S/C20H21ClN2O3/c1-3-26-16-9-7-15(8-10-16)22-20(25)14-11-19(24)23(12-14)18-6-4-5-17(21)13(18)2/h4-10,14H,3,11-12H2,1-2H3,(H,22,25). The van der Waals surface area contributed by atoms with Crippen molar-refractivity contribution in [2.75, 3.05) is 23.4 Å². The van der Waals surface area contributed by atoms with Gasteiger partial charge in [0.05, 0.1) is 12.5 Å². The average Bonchev–Trinajstić information content (AvgIpc) is 3.01. The van der Waals surface area contributed by atoms with Gasteiger partial charge in [-0.15, -0.1) is 0 Å². The lowest BCUT2D eigenvalue weighted by Gasteiger charge is -2.19. The molecule has 1 aliphatic heterocycles. The van der Waals surface area contributed by atoms with E-state index in [2.05, 4.69) is 5.32 Å². The van der Waals surface area contributed by atoms with E-state index in [1.165, 1.54) is 0 Å². The van der Waals surface area contributed by atoms with E-state index in [0.717, 1.165) is 17.0 Å². The van der Waals surface area contributed by atoms with Gasteiger partial charge in [0.25, 0.3) is 0 Å². The van der Waals surface area contributed by atoms with Gasteiger partial charge in [0.1, 0.15) is 5.75 Å². The van der Waals surface area contributed by atoms with Gasteiger partial charge < -0.3 is 15.0 Å². The van der Waals surface area contributed by atoms with Crippen LogP contribution in [0.15, 0.2) is 42.5 Å². The van der Waals surface area contributed by atoms with Crippen molar-refractivity contribution < 1.29 is 14.3 Å². The van der Waals surface area contributed by atoms with Crippen LogP contribution in [0.1, 0.15) is 18.9 Å². The van der Waals surface area contributed by atoms with Crippen LogP contribution in [0.5, 0.6) is 5.75 Å². The Labute approximate surface area is 157 Å². The molecule has 1 heterocycles. The van der Waals surface area contributed by atoms with Crippen LogP contribution >= 0.6 is 11.6 Å². The summed E-state index contributed by atoms with van der Waals surface area (Å²) in [4.78, 5) is 26.6. The number of benzene rings is 2. The van der Waals surface area contributed by atoms with Gasteiger partial charge >= 0.3 is 0 Å². The van der Waals surface area contributed by atoms with E-state index in [1.54, 1.807) is 35.2 Å². The number of rotatable bonds is 5. The minimum Gasteiger partial charge on any atom is -0.494 e. The number of hydrogen-bond donors (Lipinski definition) is 1. The first-order chi connectivity index (χ1) is 12.5. The zero-order valence-electron chi connectivity index (χ0n) is 14.8. The Bertz CT molecular complexity index is 820. The monoisotopic (exact) mass is 372 g/mol. The maximum absolute atomic E-state index is 12.6. The molecule has 0 saturated carbocycles. The first-order valence-electron chi connectivity index (χ1n) is 8.58. The molecule has 2 aromatic carbocycles. The smallest absolute Gasteiger partial charge is 0.229 e. The van der Waals surface area contributed by atoms with E-state index >= 15 is 0 Å². The summed E-state index contributed by atoms with van der Waals surface area (Å²) in [5.74, 6) is 0.128. The minimum atomic E-state index is -0.396. The third-order valence-corrected chi connectivity index (χ3v) is 4.87. The molecule has 0 aromatic heterocycles. The number of hydrogen-bond acceptors (Lipinski definition) is 3. The van der Waals surface area contributed by atoms with Crippen molar-refractivity contribution in [3.8, 4) is 5.75 Å². The lowest BCUT2D eigenvalue weighted by molar-refractivity contribution is -0.122. The Balaban J connectivity index is 1.68. The van der Waals surface area contributed by atoms with Crippen molar-refractivity contribution in [1.82, 2.24) is 0 Å². The maximum Gasteiger partial charge on any atom is 0.229 e. The molecule has 0 aliphatic carbocycles. The summed E-state index contributed by atoms with van der Waals surface area (Å²) in [5, 5.41) is 3.48. The number of nitrogens with zero attached hydrogens (tertiary/aromatic N) is 1. The van der Waals surface area contributed by atoms with Gasteiger partial charge in [-0.05, 0) is 55.8 Å². The van der Waals surface area contributed by atoms with Crippen molar-refractivity contribution >= 4 is 34.8 Å². The van der Waals surface area contributed by atoms with Crippen molar-refractivity contribution in [3.63, 3.8) is 0 Å². The first kappa shape index (κ1) is 18.3. The molecule has 0 radical (unpaired) electrons. The van der Waals surface area contributed by atoms with Crippen LogP contribution in [-0.4, -0.2) is 25.0 Å². The summed E-state index contributed by atoms with van der Waals surface area (Å²) >= 11 is 6.15. The Hall–Kier alpha value is -2.53. The number of nitrogens with one attached hydrogen (secondary N) is 1. The molecule has 6 heteroatoms. The van der Waals surface area contributed by atoms with Crippen LogP contribution in [0.2, 0.25) is 5.02 Å². The average molecular weight is 373 g/mol. The molecule has 1 saturated heterocycles. The number of carbonyl (C=O) groups excluding carboxylic acids is 2. The van der Waals surface area contributed by atoms with Crippen molar-refractivity contribution in [3.05, 3.63) is 53.1 Å². The van der Waals surface area contributed by atoms with Crippen LogP contribution in [0.25, 0.3) is 0 Å². The largest absolute Gasteiger partial charge is 0.494 e. The van der Waals surface area contributed by atoms with Crippen LogP contribution in [0.4, 0.5) is 11.4 Å². The van der Waals surface area contributed by atoms with Gasteiger partial charge in [-0.2, -0.15) is 0 Å². The molecule has 2 amide bonds. The molecule has 0 spiro atoms. The summed E-state index contributed by atoms with van der Waals surface area (Å²) in [6.07, 6.45) is 0.189. The molecule has 136 valence electrons. The summed E-state index contributed by atoms with van der Waals surface area (Å²) < 4.78 is 5.39. The molecule has 1 unspecified atom stereocenters. The molecule has 1 aliphatic rings. The fourth-order valence-electron chi connectivity index (χ4n) is 3.05. The van der Waals surface area contributed by atoms with E-state index in [4.69, 9.17) is 16.3 Å². The molecule has 0 bridgehead atoms. The highest BCUT2D eigenvalue weighted by Crippen LogP contribution is 2.31. The number of ether oxygens (including phenoxy) is 1. The number of amides is 2. The Kier molecular flexibility index (Phi) is 5.47. The van der Waals surface area contributed by atoms with Gasteiger partial charge in [-0.1, -0.05) is 17.7 Å². The Morgan fingerprint density at radius 1 is 1.27 bits per heavy atom. The van der Waals surface area contributed by atoms with Gasteiger partial charge in [0.15, 0.2) is 0 Å². The van der Waals surface area contributed by atoms with Crippen molar-refractivity contribution in [1.29, 1.82) is 0 Å². The van der Waals surface area contributed by atoms with Gasteiger partial charge in [0.2, 0.25) is 11.8 Å². The molecular weight excluding hydrogens is 352 g/mol. The normalized spacial score (nSPS) is 16.7. The third-order valence-electron chi connectivity index (χ3n) is 4.46. The zero-order valence-corrected chi connectivity index (χ0v) is 15.5. The summed E-state index contributed by atoms with van der Waals surface area (Å²) in [6.45, 7) is 4.73. The second-order valence-electron chi connectivity index (χ2n) is 6.24. The van der Waals surface area contributed by atoms with Crippen LogP contribution in [0, 0.1) is 12.8 Å². The molecule has 26 heavy (non-hydrogen) atoms. The Morgan fingerprint density at radius 3 is 2.69 bits per heavy atom. The highest BCUT2D eigenvalue weighted by molar-refractivity contribution is 6.31. The summed E-state index contributed by atoms with van der Waals surface area (Å²) in [6, 6.07) is 12.6. The van der Waals surface area contributed by atoms with E-state index in [0.29, 0.717) is 23.9 Å². The second kappa shape index (κ2) is 7.79. The quantitative estimate of drug-likeness (QED) is 0.861. The van der Waals surface area contributed by atoms with Crippen LogP contribution in [-0.2, 0) is 9.59 Å². The highest BCUT2D eigenvalue weighted by atomic mass is 35.5. The molecule has 2 aromatic rings.